The van der Waals surface area contributed by atoms with E-state index in [2.05, 4.69) is 15.2 Å². The Morgan fingerprint density at radius 1 is 1.25 bits per heavy atom. The number of piperazine rings is 1. The average molecular weight is 406 g/mol. The van der Waals surface area contributed by atoms with Crippen molar-refractivity contribution in [3.8, 4) is 0 Å². The van der Waals surface area contributed by atoms with Crippen molar-refractivity contribution in [2.75, 3.05) is 39.3 Å². The van der Waals surface area contributed by atoms with E-state index in [1.807, 2.05) is 24.0 Å². The standard InChI is InChI=1S/C20H27N5O2.ClH/c1-15-3-2-4-17-19(15)22-14-25(20(17)27)10-6-18(26)24-9-5-16(13-24)23-11-7-21-8-12-23;/h2-4,14,16,21H,5-13H2,1H3;1H. The van der Waals surface area contributed by atoms with Gasteiger partial charge in [0.1, 0.15) is 0 Å². The minimum absolute atomic E-state index is 0. The lowest BCUT2D eigenvalue weighted by atomic mass is 10.1. The highest BCUT2D eigenvalue weighted by Crippen LogP contribution is 2.17. The van der Waals surface area contributed by atoms with E-state index in [4.69, 9.17) is 0 Å². The van der Waals surface area contributed by atoms with Crippen molar-refractivity contribution in [1.82, 2.24) is 24.7 Å². The summed E-state index contributed by atoms with van der Waals surface area (Å²) >= 11 is 0. The number of carbonyl (C=O) groups excluding carboxylic acids is 1. The molecule has 0 radical (unpaired) electrons. The zero-order chi connectivity index (χ0) is 18.8. The number of amides is 1. The Hall–Kier alpha value is -1.96. The molecule has 3 heterocycles. The van der Waals surface area contributed by atoms with Crippen molar-refractivity contribution >= 4 is 29.2 Å². The monoisotopic (exact) mass is 405 g/mol. The zero-order valence-corrected chi connectivity index (χ0v) is 17.1. The van der Waals surface area contributed by atoms with Crippen LogP contribution in [0.4, 0.5) is 0 Å². The van der Waals surface area contributed by atoms with Crippen LogP contribution < -0.4 is 10.9 Å². The molecule has 2 aliphatic rings. The van der Waals surface area contributed by atoms with Crippen molar-refractivity contribution in [2.24, 2.45) is 0 Å². The van der Waals surface area contributed by atoms with Crippen molar-refractivity contribution in [2.45, 2.75) is 32.4 Å². The highest BCUT2D eigenvalue weighted by molar-refractivity contribution is 5.85. The van der Waals surface area contributed by atoms with Crippen LogP contribution in [0.2, 0.25) is 0 Å². The number of hydrogen-bond acceptors (Lipinski definition) is 5. The molecule has 0 aliphatic carbocycles. The molecule has 28 heavy (non-hydrogen) atoms. The number of rotatable bonds is 4. The molecule has 2 aromatic rings. The number of hydrogen-bond donors (Lipinski definition) is 1. The second-order valence-corrected chi connectivity index (χ2v) is 7.53. The van der Waals surface area contributed by atoms with Crippen LogP contribution in [0.3, 0.4) is 0 Å². The van der Waals surface area contributed by atoms with Crippen molar-refractivity contribution in [3.05, 3.63) is 40.4 Å². The van der Waals surface area contributed by atoms with E-state index in [1.54, 1.807) is 17.0 Å². The summed E-state index contributed by atoms with van der Waals surface area (Å²) in [6.07, 6.45) is 2.95. The molecule has 1 N–H and O–H groups in total. The van der Waals surface area contributed by atoms with Crippen molar-refractivity contribution in [1.29, 1.82) is 0 Å². The minimum atomic E-state index is -0.0726. The van der Waals surface area contributed by atoms with Gasteiger partial charge in [-0.2, -0.15) is 0 Å². The Morgan fingerprint density at radius 2 is 2.04 bits per heavy atom. The molecule has 2 fully saturated rings. The van der Waals surface area contributed by atoms with Gasteiger partial charge in [0.25, 0.3) is 5.56 Å². The lowest BCUT2D eigenvalue weighted by Gasteiger charge is -2.32. The van der Waals surface area contributed by atoms with Crippen LogP contribution in [-0.2, 0) is 11.3 Å². The van der Waals surface area contributed by atoms with E-state index < -0.39 is 0 Å². The molecule has 4 rings (SSSR count). The quantitative estimate of drug-likeness (QED) is 0.822. The molecule has 2 aliphatic heterocycles. The maximum Gasteiger partial charge on any atom is 0.261 e. The molecular weight excluding hydrogens is 378 g/mol. The summed E-state index contributed by atoms with van der Waals surface area (Å²) in [6, 6.07) is 6.10. The summed E-state index contributed by atoms with van der Waals surface area (Å²) in [5, 5.41) is 3.99. The topological polar surface area (TPSA) is 70.5 Å². The number of aryl methyl sites for hydroxylation is 2. The molecule has 1 unspecified atom stereocenters. The van der Waals surface area contributed by atoms with Gasteiger partial charge in [0.05, 0.1) is 17.2 Å². The second kappa shape index (κ2) is 9.03. The van der Waals surface area contributed by atoms with E-state index >= 15 is 0 Å². The van der Waals surface area contributed by atoms with Gasteiger partial charge >= 0.3 is 0 Å². The van der Waals surface area contributed by atoms with E-state index in [-0.39, 0.29) is 23.9 Å². The molecular formula is C20H28ClN5O2. The molecule has 7 nitrogen and oxygen atoms in total. The summed E-state index contributed by atoms with van der Waals surface area (Å²) in [5.41, 5.74) is 1.66. The Labute approximate surface area is 171 Å². The summed E-state index contributed by atoms with van der Waals surface area (Å²) in [7, 11) is 0. The van der Waals surface area contributed by atoms with Crippen LogP contribution in [0.1, 0.15) is 18.4 Å². The molecule has 1 atom stereocenters. The minimum Gasteiger partial charge on any atom is -0.341 e. The van der Waals surface area contributed by atoms with Gasteiger partial charge in [0.2, 0.25) is 5.91 Å². The maximum atomic E-state index is 12.7. The highest BCUT2D eigenvalue weighted by Gasteiger charge is 2.30. The van der Waals surface area contributed by atoms with Crippen molar-refractivity contribution in [3.63, 3.8) is 0 Å². The highest BCUT2D eigenvalue weighted by atomic mass is 35.5. The third-order valence-corrected chi connectivity index (χ3v) is 5.81. The van der Waals surface area contributed by atoms with Crippen LogP contribution >= 0.6 is 12.4 Å². The van der Waals surface area contributed by atoms with E-state index in [9.17, 15) is 9.59 Å². The Morgan fingerprint density at radius 3 is 2.82 bits per heavy atom. The molecule has 8 heteroatoms. The third kappa shape index (κ3) is 4.21. The Bertz CT molecular complexity index is 894. The number of aromatic nitrogens is 2. The number of halogens is 1. The molecule has 2 saturated heterocycles. The van der Waals surface area contributed by atoms with Gasteiger partial charge in [0.15, 0.2) is 0 Å². The van der Waals surface area contributed by atoms with E-state index in [0.717, 1.165) is 56.8 Å². The van der Waals surface area contributed by atoms with Gasteiger partial charge in [-0.25, -0.2) is 4.98 Å². The van der Waals surface area contributed by atoms with Gasteiger partial charge in [-0.15, -0.1) is 12.4 Å². The van der Waals surface area contributed by atoms with Gasteiger partial charge in [-0.3, -0.25) is 19.1 Å². The number of para-hydroxylation sites is 1. The predicted octanol–water partition coefficient (Wildman–Crippen LogP) is 1.02. The fraction of sp³-hybridized carbons (Fsp3) is 0.550. The molecule has 0 spiro atoms. The van der Waals surface area contributed by atoms with E-state index in [0.29, 0.717) is 24.4 Å². The lowest BCUT2D eigenvalue weighted by Crippen LogP contribution is -2.49. The molecule has 0 bridgehead atoms. The smallest absolute Gasteiger partial charge is 0.261 e. The zero-order valence-electron chi connectivity index (χ0n) is 16.3. The summed E-state index contributed by atoms with van der Waals surface area (Å²) in [6.45, 7) is 8.13. The number of nitrogens with one attached hydrogen (secondary N) is 1. The van der Waals surface area contributed by atoms with Crippen LogP contribution in [0.25, 0.3) is 10.9 Å². The molecule has 152 valence electrons. The number of fused-ring (bicyclic) bond motifs is 1. The maximum absolute atomic E-state index is 12.7. The third-order valence-electron chi connectivity index (χ3n) is 5.81. The number of benzene rings is 1. The van der Waals surface area contributed by atoms with E-state index in [1.165, 1.54) is 0 Å². The SMILES string of the molecule is Cc1cccc2c(=O)n(CCC(=O)N3CCC(N4CCNCC4)C3)cnc12.Cl. The summed E-state index contributed by atoms with van der Waals surface area (Å²) < 4.78 is 1.56. The second-order valence-electron chi connectivity index (χ2n) is 7.53. The fourth-order valence-electron chi connectivity index (χ4n) is 4.18. The average Bonchev–Trinajstić information content (AvgIpc) is 3.19. The Kier molecular flexibility index (Phi) is 6.69. The largest absolute Gasteiger partial charge is 0.341 e. The van der Waals surface area contributed by atoms with Crippen LogP contribution in [-0.4, -0.2) is 70.6 Å². The Balaban J connectivity index is 0.00000225. The molecule has 1 aromatic carbocycles. The first-order valence-corrected chi connectivity index (χ1v) is 9.81. The van der Waals surface area contributed by atoms with Gasteiger partial charge in [0, 0.05) is 58.3 Å². The van der Waals surface area contributed by atoms with Gasteiger partial charge < -0.3 is 10.2 Å². The summed E-state index contributed by atoms with van der Waals surface area (Å²) in [4.78, 5) is 34.2. The first kappa shape index (κ1) is 20.8. The number of nitrogens with zero attached hydrogens (tertiary/aromatic N) is 4. The molecule has 1 amide bonds. The van der Waals surface area contributed by atoms with Crippen molar-refractivity contribution < 1.29 is 4.79 Å². The predicted molar refractivity (Wildman–Crippen MR) is 112 cm³/mol. The normalized spacial score (nSPS) is 20.3. The first-order valence-electron chi connectivity index (χ1n) is 9.81. The molecule has 1 aromatic heterocycles. The lowest BCUT2D eigenvalue weighted by molar-refractivity contribution is -0.130. The summed E-state index contributed by atoms with van der Waals surface area (Å²) in [5.74, 6) is 0.129. The number of likely N-dealkylation sites (tertiary alicyclic amines) is 1. The van der Waals surface area contributed by atoms with Crippen LogP contribution in [0, 0.1) is 6.92 Å². The van der Waals surface area contributed by atoms with Gasteiger partial charge in [-0.1, -0.05) is 12.1 Å². The van der Waals surface area contributed by atoms with Crippen LogP contribution in [0.15, 0.2) is 29.3 Å². The first-order chi connectivity index (χ1) is 13.1. The van der Waals surface area contributed by atoms with Gasteiger partial charge in [-0.05, 0) is 25.0 Å². The van der Waals surface area contributed by atoms with Crippen LogP contribution in [0.5, 0.6) is 0 Å². The molecule has 0 saturated carbocycles. The fourth-order valence-corrected chi connectivity index (χ4v) is 4.18. The number of carbonyl (C=O) groups is 1.